The van der Waals surface area contributed by atoms with E-state index in [0.717, 1.165) is 29.3 Å². The number of fused-ring (bicyclic) bond motifs is 1. The van der Waals surface area contributed by atoms with Crippen molar-refractivity contribution in [2.75, 3.05) is 5.32 Å². The number of para-hydroxylation sites is 1. The van der Waals surface area contributed by atoms with Crippen LogP contribution < -0.4 is 5.32 Å². The number of amides is 1. The van der Waals surface area contributed by atoms with Crippen molar-refractivity contribution >= 4 is 22.5 Å². The molecule has 0 aliphatic heterocycles. The van der Waals surface area contributed by atoms with E-state index in [9.17, 15) is 9.18 Å². The summed E-state index contributed by atoms with van der Waals surface area (Å²) >= 11 is 0. The van der Waals surface area contributed by atoms with Crippen molar-refractivity contribution in [2.45, 2.75) is 18.3 Å². The normalized spacial score (nSPS) is 15.3. The fraction of sp³-hybridized carbons (Fsp3) is 0.158. The third kappa shape index (κ3) is 2.46. The van der Waals surface area contributed by atoms with E-state index in [0.29, 0.717) is 5.69 Å². The van der Waals surface area contributed by atoms with Crippen molar-refractivity contribution in [2.24, 2.45) is 0 Å². The Kier molecular flexibility index (Phi) is 3.11. The molecule has 0 bridgehead atoms. The van der Waals surface area contributed by atoms with Gasteiger partial charge in [0, 0.05) is 5.39 Å². The number of nitrogens with zero attached hydrogens (tertiary/aromatic N) is 1. The minimum Gasteiger partial charge on any atom is -0.324 e. The lowest BCUT2D eigenvalue weighted by molar-refractivity contribution is -0.118. The van der Waals surface area contributed by atoms with Crippen LogP contribution in [0.4, 0.5) is 10.1 Å². The molecule has 3 aromatic rings. The van der Waals surface area contributed by atoms with Crippen molar-refractivity contribution in [3.63, 3.8) is 0 Å². The zero-order valence-electron chi connectivity index (χ0n) is 12.4. The van der Waals surface area contributed by atoms with Gasteiger partial charge in [-0.15, -0.1) is 0 Å². The SMILES string of the molecule is O=C(Nc1cnc2ccccc2c1)C1(c2ccc(F)cc2)CC1. The van der Waals surface area contributed by atoms with Crippen molar-refractivity contribution in [1.29, 1.82) is 0 Å². The van der Waals surface area contributed by atoms with E-state index in [1.165, 1.54) is 12.1 Å². The molecule has 114 valence electrons. The quantitative estimate of drug-likeness (QED) is 0.793. The maximum atomic E-state index is 13.1. The number of aromatic nitrogens is 1. The molecule has 1 N–H and O–H groups in total. The number of anilines is 1. The van der Waals surface area contributed by atoms with Crippen LogP contribution in [0.25, 0.3) is 10.9 Å². The fourth-order valence-electron chi connectivity index (χ4n) is 2.93. The molecule has 1 aliphatic carbocycles. The first-order valence-corrected chi connectivity index (χ1v) is 7.60. The first kappa shape index (κ1) is 13.9. The van der Waals surface area contributed by atoms with Crippen molar-refractivity contribution in [3.05, 3.63) is 72.2 Å². The molecule has 0 unspecified atom stereocenters. The molecule has 4 rings (SSSR count). The number of carbonyl (C=O) groups excluding carboxylic acids is 1. The summed E-state index contributed by atoms with van der Waals surface area (Å²) in [5.41, 5.74) is 1.91. The molecular weight excluding hydrogens is 291 g/mol. The van der Waals surface area contributed by atoms with E-state index in [4.69, 9.17) is 0 Å². The molecule has 1 aromatic heterocycles. The van der Waals surface area contributed by atoms with Gasteiger partial charge in [0.1, 0.15) is 5.82 Å². The predicted octanol–water partition coefficient (Wildman–Crippen LogP) is 4.04. The molecule has 0 atom stereocenters. The van der Waals surface area contributed by atoms with Gasteiger partial charge in [-0.25, -0.2) is 4.39 Å². The van der Waals surface area contributed by atoms with Gasteiger partial charge in [-0.2, -0.15) is 0 Å². The molecule has 23 heavy (non-hydrogen) atoms. The highest BCUT2D eigenvalue weighted by Gasteiger charge is 2.51. The number of hydrogen-bond donors (Lipinski definition) is 1. The number of rotatable bonds is 3. The number of halogens is 1. The van der Waals surface area contributed by atoms with E-state index >= 15 is 0 Å². The Hall–Kier alpha value is -2.75. The monoisotopic (exact) mass is 306 g/mol. The molecule has 1 amide bonds. The fourth-order valence-corrected chi connectivity index (χ4v) is 2.93. The second-order valence-corrected chi connectivity index (χ2v) is 5.96. The largest absolute Gasteiger partial charge is 0.324 e. The molecule has 1 aliphatic rings. The summed E-state index contributed by atoms with van der Waals surface area (Å²) in [6.07, 6.45) is 3.23. The molecule has 0 spiro atoms. The Labute approximate surface area is 133 Å². The van der Waals surface area contributed by atoms with Crippen LogP contribution in [0.1, 0.15) is 18.4 Å². The van der Waals surface area contributed by atoms with Crippen molar-refractivity contribution < 1.29 is 9.18 Å². The highest BCUT2D eigenvalue weighted by molar-refractivity contribution is 6.02. The van der Waals surface area contributed by atoms with Gasteiger partial charge in [0.05, 0.1) is 22.8 Å². The van der Waals surface area contributed by atoms with Crippen LogP contribution in [0.5, 0.6) is 0 Å². The minimum atomic E-state index is -0.528. The van der Waals surface area contributed by atoms with Crippen LogP contribution in [0.2, 0.25) is 0 Å². The number of benzene rings is 2. The van der Waals surface area contributed by atoms with Gasteiger partial charge in [0.15, 0.2) is 0 Å². The summed E-state index contributed by atoms with van der Waals surface area (Å²) in [4.78, 5) is 17.0. The highest BCUT2D eigenvalue weighted by atomic mass is 19.1. The topological polar surface area (TPSA) is 42.0 Å². The predicted molar refractivity (Wildman–Crippen MR) is 87.7 cm³/mol. The third-order valence-electron chi connectivity index (χ3n) is 4.43. The number of carbonyl (C=O) groups is 1. The zero-order valence-corrected chi connectivity index (χ0v) is 12.4. The molecule has 0 radical (unpaired) electrons. The average Bonchev–Trinajstić information content (AvgIpc) is 3.37. The van der Waals surface area contributed by atoms with Gasteiger partial charge >= 0.3 is 0 Å². The minimum absolute atomic E-state index is 0.0545. The highest BCUT2D eigenvalue weighted by Crippen LogP contribution is 2.49. The number of pyridine rings is 1. The van der Waals surface area contributed by atoms with Gasteiger partial charge in [0.2, 0.25) is 5.91 Å². The standard InChI is InChI=1S/C19H15FN2O/c20-15-7-5-14(6-8-15)19(9-10-19)18(23)22-16-11-13-3-1-2-4-17(13)21-12-16/h1-8,11-12H,9-10H2,(H,22,23). The molecule has 4 heteroatoms. The van der Waals surface area contributed by atoms with Crippen LogP contribution in [0.15, 0.2) is 60.8 Å². The number of hydrogen-bond acceptors (Lipinski definition) is 2. The van der Waals surface area contributed by atoms with Gasteiger partial charge < -0.3 is 5.32 Å². The van der Waals surface area contributed by atoms with E-state index in [1.807, 2.05) is 30.3 Å². The molecule has 3 nitrogen and oxygen atoms in total. The van der Waals surface area contributed by atoms with Gasteiger partial charge in [-0.1, -0.05) is 30.3 Å². The lowest BCUT2D eigenvalue weighted by Gasteiger charge is -2.16. The van der Waals surface area contributed by atoms with Gasteiger partial charge in [0.25, 0.3) is 0 Å². The summed E-state index contributed by atoms with van der Waals surface area (Å²) in [6.45, 7) is 0. The second kappa shape index (κ2) is 5.16. The third-order valence-corrected chi connectivity index (χ3v) is 4.43. The summed E-state index contributed by atoms with van der Waals surface area (Å²) in [5.74, 6) is -0.343. The van der Waals surface area contributed by atoms with Crippen LogP contribution in [0, 0.1) is 5.82 Å². The summed E-state index contributed by atoms with van der Waals surface area (Å²) in [7, 11) is 0. The van der Waals surface area contributed by atoms with Gasteiger partial charge in [-0.3, -0.25) is 9.78 Å². The number of nitrogens with one attached hydrogen (secondary N) is 1. The Morgan fingerprint density at radius 3 is 2.57 bits per heavy atom. The van der Waals surface area contributed by atoms with Crippen LogP contribution in [-0.2, 0) is 10.2 Å². The van der Waals surface area contributed by atoms with Crippen LogP contribution in [0.3, 0.4) is 0 Å². The molecule has 2 aromatic carbocycles. The molecule has 1 saturated carbocycles. The van der Waals surface area contributed by atoms with E-state index < -0.39 is 5.41 Å². The smallest absolute Gasteiger partial charge is 0.235 e. The van der Waals surface area contributed by atoms with Gasteiger partial charge in [-0.05, 0) is 42.7 Å². The Morgan fingerprint density at radius 1 is 1.09 bits per heavy atom. The maximum absolute atomic E-state index is 13.1. The summed E-state index contributed by atoms with van der Waals surface area (Å²) in [6, 6.07) is 15.9. The zero-order chi connectivity index (χ0) is 15.9. The molecular formula is C19H15FN2O. The Morgan fingerprint density at radius 2 is 1.83 bits per heavy atom. The molecule has 0 saturated heterocycles. The average molecular weight is 306 g/mol. The second-order valence-electron chi connectivity index (χ2n) is 5.96. The maximum Gasteiger partial charge on any atom is 0.235 e. The Bertz CT molecular complexity index is 885. The van der Waals surface area contributed by atoms with Crippen molar-refractivity contribution in [1.82, 2.24) is 4.98 Å². The van der Waals surface area contributed by atoms with Crippen LogP contribution in [-0.4, -0.2) is 10.9 Å². The molecule has 1 fully saturated rings. The van der Waals surface area contributed by atoms with Crippen LogP contribution >= 0.6 is 0 Å². The molecule has 1 heterocycles. The Balaban J connectivity index is 1.60. The summed E-state index contributed by atoms with van der Waals surface area (Å²) < 4.78 is 13.1. The first-order chi connectivity index (χ1) is 11.2. The van der Waals surface area contributed by atoms with E-state index in [-0.39, 0.29) is 11.7 Å². The van der Waals surface area contributed by atoms with E-state index in [2.05, 4.69) is 10.3 Å². The van der Waals surface area contributed by atoms with Crippen molar-refractivity contribution in [3.8, 4) is 0 Å². The lowest BCUT2D eigenvalue weighted by Crippen LogP contribution is -2.27. The lowest BCUT2D eigenvalue weighted by atomic mass is 9.95. The van der Waals surface area contributed by atoms with E-state index in [1.54, 1.807) is 18.3 Å². The first-order valence-electron chi connectivity index (χ1n) is 7.60. The summed E-state index contributed by atoms with van der Waals surface area (Å²) in [5, 5.41) is 3.94.